The Balaban J connectivity index is 2.10. The summed E-state index contributed by atoms with van der Waals surface area (Å²) in [5.41, 5.74) is 7.12. The highest BCUT2D eigenvalue weighted by Gasteiger charge is 2.22. The first kappa shape index (κ1) is 14.4. The molecule has 2 rings (SSSR count). The third-order valence-electron chi connectivity index (χ3n) is 3.96. The second-order valence-corrected chi connectivity index (χ2v) is 6.14. The molecule has 104 valence electrons. The van der Waals surface area contributed by atoms with Crippen molar-refractivity contribution in [1.82, 2.24) is 4.90 Å². The Morgan fingerprint density at radius 2 is 2.21 bits per heavy atom. The van der Waals surface area contributed by atoms with Gasteiger partial charge in [0.15, 0.2) is 0 Å². The number of amides is 1. The van der Waals surface area contributed by atoms with Crippen molar-refractivity contribution in [3.63, 3.8) is 0 Å². The van der Waals surface area contributed by atoms with Crippen LogP contribution in [0.4, 0.5) is 5.69 Å². The van der Waals surface area contributed by atoms with E-state index in [4.69, 9.17) is 5.73 Å². The third kappa shape index (κ3) is 3.50. The topological polar surface area (TPSA) is 46.3 Å². The number of hydrogen-bond donors (Lipinski definition) is 1. The monoisotopic (exact) mass is 324 g/mol. The second-order valence-electron chi connectivity index (χ2n) is 5.23. The minimum atomic E-state index is 0.0711. The average Bonchev–Trinajstić information content (AvgIpc) is 2.63. The van der Waals surface area contributed by atoms with Crippen LogP contribution in [0.2, 0.25) is 0 Å². The SMILES string of the molecule is CCC1CCCN(C(=O)c2ccc(Br)cc2N)CC1. The summed E-state index contributed by atoms with van der Waals surface area (Å²) in [7, 11) is 0. The Morgan fingerprint density at radius 3 is 2.89 bits per heavy atom. The number of likely N-dealkylation sites (tertiary alicyclic amines) is 1. The lowest BCUT2D eigenvalue weighted by molar-refractivity contribution is 0.0761. The molecule has 1 aromatic rings. The van der Waals surface area contributed by atoms with Gasteiger partial charge in [0.1, 0.15) is 0 Å². The molecule has 1 aliphatic rings. The van der Waals surface area contributed by atoms with E-state index in [1.165, 1.54) is 12.8 Å². The summed E-state index contributed by atoms with van der Waals surface area (Å²) in [6.45, 7) is 3.94. The summed E-state index contributed by atoms with van der Waals surface area (Å²) >= 11 is 3.37. The Morgan fingerprint density at radius 1 is 1.42 bits per heavy atom. The molecule has 1 aromatic carbocycles. The van der Waals surface area contributed by atoms with Gasteiger partial charge in [-0.25, -0.2) is 0 Å². The number of nitrogen functional groups attached to an aromatic ring is 1. The zero-order valence-electron chi connectivity index (χ0n) is 11.4. The van der Waals surface area contributed by atoms with Gasteiger partial charge >= 0.3 is 0 Å². The molecule has 1 fully saturated rings. The van der Waals surface area contributed by atoms with Gasteiger partial charge in [-0.2, -0.15) is 0 Å². The molecule has 0 spiro atoms. The Kier molecular flexibility index (Phi) is 4.86. The first-order valence-electron chi connectivity index (χ1n) is 6.96. The van der Waals surface area contributed by atoms with Crippen LogP contribution < -0.4 is 5.73 Å². The minimum Gasteiger partial charge on any atom is -0.398 e. The number of halogens is 1. The summed E-state index contributed by atoms with van der Waals surface area (Å²) in [5, 5.41) is 0. The molecule has 1 saturated heterocycles. The number of benzene rings is 1. The summed E-state index contributed by atoms with van der Waals surface area (Å²) < 4.78 is 0.906. The highest BCUT2D eigenvalue weighted by Crippen LogP contribution is 2.24. The lowest BCUT2D eigenvalue weighted by Crippen LogP contribution is -2.32. The van der Waals surface area contributed by atoms with E-state index in [9.17, 15) is 4.79 Å². The summed E-state index contributed by atoms with van der Waals surface area (Å²) in [4.78, 5) is 14.5. The molecule has 0 bridgehead atoms. The standard InChI is InChI=1S/C15H21BrN2O/c1-2-11-4-3-8-18(9-7-11)15(19)13-6-5-12(16)10-14(13)17/h5-6,10-11H,2-4,7-9,17H2,1H3. The van der Waals surface area contributed by atoms with E-state index in [1.54, 1.807) is 6.07 Å². The van der Waals surface area contributed by atoms with Crippen LogP contribution in [-0.2, 0) is 0 Å². The minimum absolute atomic E-state index is 0.0711. The quantitative estimate of drug-likeness (QED) is 0.843. The number of carbonyl (C=O) groups is 1. The third-order valence-corrected chi connectivity index (χ3v) is 4.45. The van der Waals surface area contributed by atoms with E-state index in [1.807, 2.05) is 17.0 Å². The fraction of sp³-hybridized carbons (Fsp3) is 0.533. The Bertz CT molecular complexity index is 461. The predicted molar refractivity (Wildman–Crippen MR) is 82.1 cm³/mol. The maximum atomic E-state index is 12.5. The van der Waals surface area contributed by atoms with Gasteiger partial charge in [0.05, 0.1) is 5.56 Å². The van der Waals surface area contributed by atoms with Gasteiger partial charge in [0, 0.05) is 23.2 Å². The van der Waals surface area contributed by atoms with Crippen molar-refractivity contribution in [3.8, 4) is 0 Å². The van der Waals surface area contributed by atoms with Crippen LogP contribution in [0, 0.1) is 5.92 Å². The lowest BCUT2D eigenvalue weighted by atomic mass is 9.98. The summed E-state index contributed by atoms with van der Waals surface area (Å²) in [6, 6.07) is 5.47. The summed E-state index contributed by atoms with van der Waals surface area (Å²) in [5.74, 6) is 0.835. The molecule has 0 aromatic heterocycles. The van der Waals surface area contributed by atoms with E-state index in [2.05, 4.69) is 22.9 Å². The predicted octanol–water partition coefficient (Wildman–Crippen LogP) is 3.68. The van der Waals surface area contributed by atoms with Gasteiger partial charge in [-0.15, -0.1) is 0 Å². The van der Waals surface area contributed by atoms with Crippen LogP contribution in [0.25, 0.3) is 0 Å². The number of carbonyl (C=O) groups excluding carboxylic acids is 1. The number of nitrogens with two attached hydrogens (primary N) is 1. The number of anilines is 1. The van der Waals surface area contributed by atoms with Gasteiger partial charge in [-0.05, 0) is 43.4 Å². The maximum absolute atomic E-state index is 12.5. The van der Waals surface area contributed by atoms with E-state index < -0.39 is 0 Å². The molecule has 1 heterocycles. The lowest BCUT2D eigenvalue weighted by Gasteiger charge is -2.21. The van der Waals surface area contributed by atoms with Gasteiger partial charge in [0.2, 0.25) is 0 Å². The Hall–Kier alpha value is -1.03. The number of rotatable bonds is 2. The van der Waals surface area contributed by atoms with Gasteiger partial charge < -0.3 is 10.6 Å². The highest BCUT2D eigenvalue weighted by atomic mass is 79.9. The highest BCUT2D eigenvalue weighted by molar-refractivity contribution is 9.10. The maximum Gasteiger partial charge on any atom is 0.255 e. The molecule has 1 unspecified atom stereocenters. The molecule has 0 aliphatic carbocycles. The fourth-order valence-corrected chi connectivity index (χ4v) is 3.05. The molecule has 0 saturated carbocycles. The van der Waals surface area contributed by atoms with Crippen molar-refractivity contribution < 1.29 is 4.79 Å². The smallest absolute Gasteiger partial charge is 0.255 e. The van der Waals surface area contributed by atoms with E-state index >= 15 is 0 Å². The van der Waals surface area contributed by atoms with Crippen LogP contribution in [-0.4, -0.2) is 23.9 Å². The fourth-order valence-electron chi connectivity index (χ4n) is 2.68. The van der Waals surface area contributed by atoms with Crippen LogP contribution in [0.1, 0.15) is 43.0 Å². The first-order chi connectivity index (χ1) is 9.11. The van der Waals surface area contributed by atoms with Crippen molar-refractivity contribution in [1.29, 1.82) is 0 Å². The number of hydrogen-bond acceptors (Lipinski definition) is 2. The first-order valence-corrected chi connectivity index (χ1v) is 7.75. The second kappa shape index (κ2) is 6.42. The van der Waals surface area contributed by atoms with Crippen molar-refractivity contribution >= 4 is 27.5 Å². The van der Waals surface area contributed by atoms with Crippen molar-refractivity contribution in [2.75, 3.05) is 18.8 Å². The van der Waals surface area contributed by atoms with Crippen LogP contribution in [0.3, 0.4) is 0 Å². The molecular formula is C15H21BrN2O. The molecule has 19 heavy (non-hydrogen) atoms. The zero-order chi connectivity index (χ0) is 13.8. The van der Waals surface area contributed by atoms with Crippen molar-refractivity contribution in [2.45, 2.75) is 32.6 Å². The molecule has 4 heteroatoms. The average molecular weight is 325 g/mol. The molecule has 1 atom stereocenters. The normalized spacial score (nSPS) is 20.1. The molecular weight excluding hydrogens is 304 g/mol. The molecule has 1 aliphatic heterocycles. The molecule has 3 nitrogen and oxygen atoms in total. The van der Waals surface area contributed by atoms with Gasteiger partial charge in [-0.1, -0.05) is 29.3 Å². The molecule has 0 radical (unpaired) electrons. The van der Waals surface area contributed by atoms with Crippen molar-refractivity contribution in [3.05, 3.63) is 28.2 Å². The largest absolute Gasteiger partial charge is 0.398 e. The van der Waals surface area contributed by atoms with Crippen molar-refractivity contribution in [2.24, 2.45) is 5.92 Å². The van der Waals surface area contributed by atoms with Gasteiger partial charge in [-0.3, -0.25) is 4.79 Å². The van der Waals surface area contributed by atoms with Gasteiger partial charge in [0.25, 0.3) is 5.91 Å². The Labute approximate surface area is 123 Å². The van der Waals surface area contributed by atoms with E-state index in [0.29, 0.717) is 11.3 Å². The molecule has 2 N–H and O–H groups in total. The zero-order valence-corrected chi connectivity index (χ0v) is 12.9. The van der Waals surface area contributed by atoms with Crippen LogP contribution in [0.15, 0.2) is 22.7 Å². The number of nitrogens with zero attached hydrogens (tertiary/aromatic N) is 1. The van der Waals surface area contributed by atoms with Crippen LogP contribution in [0.5, 0.6) is 0 Å². The van der Waals surface area contributed by atoms with Crippen LogP contribution >= 0.6 is 15.9 Å². The van der Waals surface area contributed by atoms with E-state index in [0.717, 1.165) is 36.3 Å². The van der Waals surface area contributed by atoms with E-state index in [-0.39, 0.29) is 5.91 Å². The summed E-state index contributed by atoms with van der Waals surface area (Å²) in [6.07, 6.45) is 4.65. The molecule has 1 amide bonds.